The van der Waals surface area contributed by atoms with Gasteiger partial charge in [-0.25, -0.2) is 0 Å². The van der Waals surface area contributed by atoms with Gasteiger partial charge in [-0.2, -0.15) is 0 Å². The minimum absolute atomic E-state index is 0.132. The molecule has 3 rings (SSSR count). The highest BCUT2D eigenvalue weighted by molar-refractivity contribution is 6.07. The first-order chi connectivity index (χ1) is 10.1. The van der Waals surface area contributed by atoms with E-state index in [4.69, 9.17) is 4.42 Å². The zero-order chi connectivity index (χ0) is 15.0. The van der Waals surface area contributed by atoms with Crippen LogP contribution < -0.4 is 4.90 Å². The minimum atomic E-state index is -0.132. The van der Waals surface area contributed by atoms with Crippen molar-refractivity contribution in [3.63, 3.8) is 0 Å². The quantitative estimate of drug-likeness (QED) is 0.699. The third kappa shape index (κ3) is 2.31. The van der Waals surface area contributed by atoms with Gasteiger partial charge in [0.05, 0.1) is 0 Å². The lowest BCUT2D eigenvalue weighted by molar-refractivity contribution is 0.0968. The Morgan fingerprint density at radius 1 is 1.05 bits per heavy atom. The van der Waals surface area contributed by atoms with E-state index in [0.717, 1.165) is 27.8 Å². The second-order valence-corrected chi connectivity index (χ2v) is 5.26. The van der Waals surface area contributed by atoms with Gasteiger partial charge >= 0.3 is 0 Å². The van der Waals surface area contributed by atoms with Crippen molar-refractivity contribution >= 4 is 22.6 Å². The van der Waals surface area contributed by atoms with Crippen molar-refractivity contribution in [2.75, 3.05) is 11.9 Å². The van der Waals surface area contributed by atoms with Crippen LogP contribution in [0.25, 0.3) is 11.0 Å². The predicted octanol–water partition coefficient (Wildman–Crippen LogP) is 4.33. The van der Waals surface area contributed by atoms with Crippen LogP contribution >= 0.6 is 0 Å². The summed E-state index contributed by atoms with van der Waals surface area (Å²) in [6.07, 6.45) is 0. The molecular weight excluding hydrogens is 262 g/mol. The largest absolute Gasteiger partial charge is 0.451 e. The first-order valence-electron chi connectivity index (χ1n) is 6.91. The van der Waals surface area contributed by atoms with Crippen molar-refractivity contribution < 1.29 is 9.21 Å². The number of anilines is 1. The monoisotopic (exact) mass is 279 g/mol. The number of furan rings is 1. The Kier molecular flexibility index (Phi) is 3.26. The molecule has 0 atom stereocenters. The average Bonchev–Trinajstić information content (AvgIpc) is 2.83. The summed E-state index contributed by atoms with van der Waals surface area (Å²) in [7, 11) is 1.76. The van der Waals surface area contributed by atoms with Gasteiger partial charge in [0.15, 0.2) is 5.76 Å². The van der Waals surface area contributed by atoms with Gasteiger partial charge in [-0.3, -0.25) is 4.79 Å². The molecule has 2 aromatic carbocycles. The maximum absolute atomic E-state index is 12.7. The fourth-order valence-electron chi connectivity index (χ4n) is 2.46. The maximum Gasteiger partial charge on any atom is 0.294 e. The molecule has 3 aromatic rings. The number of carbonyl (C=O) groups excluding carboxylic acids is 1. The Bertz CT molecular complexity index is 803. The lowest BCUT2D eigenvalue weighted by Crippen LogP contribution is -2.26. The third-order valence-corrected chi connectivity index (χ3v) is 3.73. The Morgan fingerprint density at radius 3 is 2.48 bits per heavy atom. The van der Waals surface area contributed by atoms with E-state index in [1.807, 2.05) is 62.4 Å². The van der Waals surface area contributed by atoms with Gasteiger partial charge in [0, 0.05) is 23.7 Å². The molecule has 0 aliphatic heterocycles. The average molecular weight is 279 g/mol. The van der Waals surface area contributed by atoms with E-state index >= 15 is 0 Å². The summed E-state index contributed by atoms with van der Waals surface area (Å²) in [5, 5.41) is 1.000. The number of hydrogen-bond donors (Lipinski definition) is 0. The summed E-state index contributed by atoms with van der Waals surface area (Å²) in [5.41, 5.74) is 3.64. The number of benzene rings is 2. The summed E-state index contributed by atoms with van der Waals surface area (Å²) < 4.78 is 5.77. The molecule has 0 fully saturated rings. The first kappa shape index (κ1) is 13.4. The number of fused-ring (bicyclic) bond motifs is 1. The highest BCUT2D eigenvalue weighted by Crippen LogP contribution is 2.28. The van der Waals surface area contributed by atoms with Crippen LogP contribution in [0.4, 0.5) is 5.69 Å². The van der Waals surface area contributed by atoms with Gasteiger partial charge in [-0.1, -0.05) is 29.8 Å². The van der Waals surface area contributed by atoms with Crippen LogP contribution in [0.1, 0.15) is 21.7 Å². The molecule has 1 heterocycles. The summed E-state index contributed by atoms with van der Waals surface area (Å²) in [5.74, 6) is 0.273. The Balaban J connectivity index is 2.04. The Morgan fingerprint density at radius 2 is 1.76 bits per heavy atom. The SMILES string of the molecule is Cc1ccc2oc(C(=O)N(C)c3ccccc3)c(C)c2c1. The summed E-state index contributed by atoms with van der Waals surface area (Å²) in [4.78, 5) is 14.3. The van der Waals surface area contributed by atoms with E-state index in [1.165, 1.54) is 0 Å². The fraction of sp³-hybridized carbons (Fsp3) is 0.167. The Hall–Kier alpha value is -2.55. The molecule has 106 valence electrons. The predicted molar refractivity (Wildman–Crippen MR) is 84.9 cm³/mol. The standard InChI is InChI=1S/C18H17NO2/c1-12-9-10-16-15(11-12)13(2)17(21-16)18(20)19(3)14-7-5-4-6-8-14/h4-11H,1-3H3. The summed E-state index contributed by atoms with van der Waals surface area (Å²) in [6, 6.07) is 15.5. The van der Waals surface area contributed by atoms with E-state index in [1.54, 1.807) is 11.9 Å². The van der Waals surface area contributed by atoms with Gasteiger partial charge in [0.2, 0.25) is 0 Å². The van der Waals surface area contributed by atoms with Crippen molar-refractivity contribution in [1.29, 1.82) is 0 Å². The number of carbonyl (C=O) groups is 1. The smallest absolute Gasteiger partial charge is 0.294 e. The summed E-state index contributed by atoms with van der Waals surface area (Å²) >= 11 is 0. The van der Waals surface area contributed by atoms with Crippen molar-refractivity contribution in [3.05, 3.63) is 65.4 Å². The van der Waals surface area contributed by atoms with Crippen LogP contribution in [-0.2, 0) is 0 Å². The molecule has 3 nitrogen and oxygen atoms in total. The van der Waals surface area contributed by atoms with Crippen LogP contribution in [0.2, 0.25) is 0 Å². The molecule has 0 bridgehead atoms. The van der Waals surface area contributed by atoms with Crippen LogP contribution in [0.5, 0.6) is 0 Å². The number of hydrogen-bond acceptors (Lipinski definition) is 2. The molecule has 3 heteroatoms. The van der Waals surface area contributed by atoms with Gasteiger partial charge in [0.25, 0.3) is 5.91 Å². The molecule has 1 amide bonds. The van der Waals surface area contributed by atoms with Gasteiger partial charge in [-0.15, -0.1) is 0 Å². The van der Waals surface area contributed by atoms with Crippen molar-refractivity contribution in [2.24, 2.45) is 0 Å². The van der Waals surface area contributed by atoms with E-state index in [0.29, 0.717) is 5.76 Å². The maximum atomic E-state index is 12.7. The van der Waals surface area contributed by atoms with Crippen LogP contribution in [0.3, 0.4) is 0 Å². The molecule has 1 aromatic heterocycles. The molecule has 0 aliphatic carbocycles. The molecule has 0 spiro atoms. The van der Waals surface area contributed by atoms with Crippen molar-refractivity contribution in [2.45, 2.75) is 13.8 Å². The highest BCUT2D eigenvalue weighted by atomic mass is 16.3. The van der Waals surface area contributed by atoms with Crippen LogP contribution in [0, 0.1) is 13.8 Å². The number of amides is 1. The fourth-order valence-corrected chi connectivity index (χ4v) is 2.46. The van der Waals surface area contributed by atoms with Crippen molar-refractivity contribution in [1.82, 2.24) is 0 Å². The van der Waals surface area contributed by atoms with Crippen LogP contribution in [-0.4, -0.2) is 13.0 Å². The van der Waals surface area contributed by atoms with Crippen LogP contribution in [0.15, 0.2) is 52.9 Å². The first-order valence-corrected chi connectivity index (χ1v) is 6.91. The molecule has 0 aliphatic rings. The highest BCUT2D eigenvalue weighted by Gasteiger charge is 2.21. The normalized spacial score (nSPS) is 10.8. The van der Waals surface area contributed by atoms with Crippen molar-refractivity contribution in [3.8, 4) is 0 Å². The molecule has 21 heavy (non-hydrogen) atoms. The molecule has 0 saturated carbocycles. The van der Waals surface area contributed by atoms with E-state index in [-0.39, 0.29) is 5.91 Å². The second kappa shape index (κ2) is 5.09. The minimum Gasteiger partial charge on any atom is -0.451 e. The summed E-state index contributed by atoms with van der Waals surface area (Å²) in [6.45, 7) is 3.96. The zero-order valence-electron chi connectivity index (χ0n) is 12.4. The zero-order valence-corrected chi connectivity index (χ0v) is 12.4. The molecule has 0 radical (unpaired) electrons. The van der Waals surface area contributed by atoms with E-state index in [2.05, 4.69) is 0 Å². The molecule has 0 N–H and O–H groups in total. The Labute approximate surface area is 123 Å². The van der Waals surface area contributed by atoms with Gasteiger partial charge in [0.1, 0.15) is 5.58 Å². The molecular formula is C18H17NO2. The van der Waals surface area contributed by atoms with Gasteiger partial charge in [-0.05, 0) is 38.1 Å². The molecule has 0 saturated heterocycles. The molecule has 0 unspecified atom stereocenters. The second-order valence-electron chi connectivity index (χ2n) is 5.26. The van der Waals surface area contributed by atoms with Gasteiger partial charge < -0.3 is 9.32 Å². The number of aryl methyl sites for hydroxylation is 2. The topological polar surface area (TPSA) is 33.5 Å². The number of para-hydroxylation sites is 1. The number of rotatable bonds is 2. The lowest BCUT2D eigenvalue weighted by atomic mass is 10.1. The van der Waals surface area contributed by atoms with E-state index < -0.39 is 0 Å². The third-order valence-electron chi connectivity index (χ3n) is 3.73. The number of nitrogens with zero attached hydrogens (tertiary/aromatic N) is 1. The lowest BCUT2D eigenvalue weighted by Gasteiger charge is -2.16. The van der Waals surface area contributed by atoms with E-state index in [9.17, 15) is 4.79 Å².